The van der Waals surface area contributed by atoms with E-state index in [0.717, 1.165) is 23.7 Å². The van der Waals surface area contributed by atoms with Crippen LogP contribution in [0.5, 0.6) is 0 Å². The number of halogens is 2. The molecule has 1 aliphatic rings. The lowest BCUT2D eigenvalue weighted by atomic mass is 9.92. The van der Waals surface area contributed by atoms with Crippen LogP contribution in [-0.2, 0) is 4.79 Å². The average Bonchev–Trinajstić information content (AvgIpc) is 2.70. The maximum Gasteiger partial charge on any atom is 0.244 e. The summed E-state index contributed by atoms with van der Waals surface area (Å²) in [7, 11) is 0. The average molecular weight is 340 g/mol. The summed E-state index contributed by atoms with van der Waals surface area (Å²) in [6.07, 6.45) is 6.04. The topological polar surface area (TPSA) is 29.1 Å². The zero-order valence-electron chi connectivity index (χ0n) is 11.7. The SMILES string of the molecule is CC1(C)CCC(NC(=O)/C=C/c2cc(Br)ccc2F)C1. The highest BCUT2D eigenvalue weighted by molar-refractivity contribution is 9.10. The first-order valence-electron chi connectivity index (χ1n) is 6.79. The Kier molecular flexibility index (Phi) is 4.63. The van der Waals surface area contributed by atoms with Gasteiger partial charge in [0.1, 0.15) is 5.82 Å². The van der Waals surface area contributed by atoms with E-state index >= 15 is 0 Å². The second kappa shape index (κ2) is 6.08. The second-order valence-corrected chi connectivity index (χ2v) is 7.03. The van der Waals surface area contributed by atoms with Gasteiger partial charge in [-0.2, -0.15) is 0 Å². The summed E-state index contributed by atoms with van der Waals surface area (Å²) in [6, 6.07) is 4.89. The molecule has 0 aliphatic heterocycles. The predicted molar refractivity (Wildman–Crippen MR) is 82.7 cm³/mol. The summed E-state index contributed by atoms with van der Waals surface area (Å²) in [4.78, 5) is 11.8. The van der Waals surface area contributed by atoms with Crippen LogP contribution >= 0.6 is 15.9 Å². The summed E-state index contributed by atoms with van der Waals surface area (Å²) in [5.41, 5.74) is 0.708. The van der Waals surface area contributed by atoms with E-state index in [1.54, 1.807) is 12.1 Å². The molecule has 1 aliphatic carbocycles. The molecule has 2 rings (SSSR count). The summed E-state index contributed by atoms with van der Waals surface area (Å²) in [6.45, 7) is 4.43. The molecule has 1 atom stereocenters. The zero-order valence-corrected chi connectivity index (χ0v) is 13.3. The van der Waals surface area contributed by atoms with Crippen LogP contribution in [-0.4, -0.2) is 11.9 Å². The Morgan fingerprint density at radius 1 is 1.50 bits per heavy atom. The van der Waals surface area contributed by atoms with Crippen LogP contribution in [0.1, 0.15) is 38.7 Å². The maximum atomic E-state index is 13.5. The van der Waals surface area contributed by atoms with Crippen molar-refractivity contribution in [3.63, 3.8) is 0 Å². The van der Waals surface area contributed by atoms with Gasteiger partial charge in [0.25, 0.3) is 0 Å². The number of hydrogen-bond acceptors (Lipinski definition) is 1. The monoisotopic (exact) mass is 339 g/mol. The van der Waals surface area contributed by atoms with Crippen molar-refractivity contribution in [1.82, 2.24) is 5.32 Å². The summed E-state index contributed by atoms with van der Waals surface area (Å²) < 4.78 is 14.3. The van der Waals surface area contributed by atoms with E-state index in [0.29, 0.717) is 11.0 Å². The van der Waals surface area contributed by atoms with Gasteiger partial charge in [-0.05, 0) is 49.0 Å². The van der Waals surface area contributed by atoms with Gasteiger partial charge in [0.05, 0.1) is 0 Å². The molecule has 1 fully saturated rings. The molecule has 1 amide bonds. The van der Waals surface area contributed by atoms with Gasteiger partial charge in [0, 0.05) is 22.2 Å². The van der Waals surface area contributed by atoms with E-state index in [1.165, 1.54) is 18.2 Å². The first kappa shape index (κ1) is 15.2. The van der Waals surface area contributed by atoms with Crippen LogP contribution in [0.4, 0.5) is 4.39 Å². The van der Waals surface area contributed by atoms with Gasteiger partial charge in [0.2, 0.25) is 5.91 Å². The van der Waals surface area contributed by atoms with Crippen molar-refractivity contribution in [3.05, 3.63) is 40.1 Å². The Labute approximate surface area is 127 Å². The number of carbonyl (C=O) groups excluding carboxylic acids is 1. The lowest BCUT2D eigenvalue weighted by Crippen LogP contribution is -2.32. The van der Waals surface area contributed by atoms with Gasteiger partial charge in [-0.3, -0.25) is 4.79 Å². The van der Waals surface area contributed by atoms with Crippen LogP contribution in [0, 0.1) is 11.2 Å². The highest BCUT2D eigenvalue weighted by Crippen LogP contribution is 2.36. The molecule has 108 valence electrons. The van der Waals surface area contributed by atoms with Crippen molar-refractivity contribution >= 4 is 27.9 Å². The largest absolute Gasteiger partial charge is 0.350 e. The smallest absolute Gasteiger partial charge is 0.244 e. The van der Waals surface area contributed by atoms with Crippen molar-refractivity contribution in [2.45, 2.75) is 39.2 Å². The molecule has 0 aromatic heterocycles. The van der Waals surface area contributed by atoms with Gasteiger partial charge in [0.15, 0.2) is 0 Å². The molecule has 0 heterocycles. The number of nitrogens with one attached hydrogen (secondary N) is 1. The Morgan fingerprint density at radius 2 is 2.25 bits per heavy atom. The molecule has 0 spiro atoms. The summed E-state index contributed by atoms with van der Waals surface area (Å²) >= 11 is 3.29. The minimum Gasteiger partial charge on any atom is -0.350 e. The molecule has 0 bridgehead atoms. The Bertz CT molecular complexity index is 539. The van der Waals surface area contributed by atoms with Crippen LogP contribution < -0.4 is 5.32 Å². The lowest BCUT2D eigenvalue weighted by Gasteiger charge is -2.17. The molecule has 1 aromatic carbocycles. The predicted octanol–water partition coefficient (Wildman–Crippen LogP) is 4.30. The number of hydrogen-bond donors (Lipinski definition) is 1. The minimum atomic E-state index is -0.334. The second-order valence-electron chi connectivity index (χ2n) is 6.11. The first-order chi connectivity index (χ1) is 9.35. The Balaban J connectivity index is 1.94. The number of rotatable bonds is 3. The van der Waals surface area contributed by atoms with Crippen LogP contribution in [0.15, 0.2) is 28.7 Å². The van der Waals surface area contributed by atoms with Crippen molar-refractivity contribution < 1.29 is 9.18 Å². The molecule has 1 unspecified atom stereocenters. The molecular formula is C16H19BrFNO. The Morgan fingerprint density at radius 3 is 2.90 bits per heavy atom. The van der Waals surface area contributed by atoms with E-state index in [9.17, 15) is 9.18 Å². The van der Waals surface area contributed by atoms with Crippen molar-refractivity contribution in [2.24, 2.45) is 5.41 Å². The van der Waals surface area contributed by atoms with E-state index < -0.39 is 0 Å². The van der Waals surface area contributed by atoms with Crippen LogP contribution in [0.25, 0.3) is 6.08 Å². The normalized spacial score (nSPS) is 21.3. The fraction of sp³-hybridized carbons (Fsp3) is 0.438. The quantitative estimate of drug-likeness (QED) is 0.817. The molecule has 1 aromatic rings. The molecule has 2 nitrogen and oxygen atoms in total. The molecule has 4 heteroatoms. The van der Waals surface area contributed by atoms with E-state index in [4.69, 9.17) is 0 Å². The van der Waals surface area contributed by atoms with Crippen molar-refractivity contribution in [3.8, 4) is 0 Å². The van der Waals surface area contributed by atoms with Gasteiger partial charge in [-0.25, -0.2) is 4.39 Å². The lowest BCUT2D eigenvalue weighted by molar-refractivity contribution is -0.117. The van der Waals surface area contributed by atoms with E-state index in [-0.39, 0.29) is 17.8 Å². The first-order valence-corrected chi connectivity index (χ1v) is 7.59. The molecule has 1 N–H and O–H groups in total. The zero-order chi connectivity index (χ0) is 14.8. The highest BCUT2D eigenvalue weighted by Gasteiger charge is 2.31. The standard InChI is InChI=1S/C16H19BrFNO/c1-16(2)8-7-13(10-16)19-15(20)6-3-11-9-12(17)4-5-14(11)18/h3-6,9,13H,7-8,10H2,1-2H3,(H,19,20)/b6-3+. The van der Waals surface area contributed by atoms with Gasteiger partial charge in [-0.15, -0.1) is 0 Å². The fourth-order valence-corrected chi connectivity index (χ4v) is 3.00. The van der Waals surface area contributed by atoms with Crippen LogP contribution in [0.2, 0.25) is 0 Å². The Hall–Kier alpha value is -1.16. The third kappa shape index (κ3) is 4.17. The van der Waals surface area contributed by atoms with Crippen LogP contribution in [0.3, 0.4) is 0 Å². The highest BCUT2D eigenvalue weighted by atomic mass is 79.9. The van der Waals surface area contributed by atoms with Gasteiger partial charge < -0.3 is 5.32 Å². The van der Waals surface area contributed by atoms with Gasteiger partial charge >= 0.3 is 0 Å². The third-order valence-corrected chi connectivity index (χ3v) is 4.18. The molecule has 0 radical (unpaired) electrons. The maximum absolute atomic E-state index is 13.5. The molecule has 0 saturated heterocycles. The number of benzene rings is 1. The minimum absolute atomic E-state index is 0.160. The third-order valence-electron chi connectivity index (χ3n) is 3.69. The van der Waals surface area contributed by atoms with E-state index in [2.05, 4.69) is 35.1 Å². The molecule has 1 saturated carbocycles. The van der Waals surface area contributed by atoms with E-state index in [1.807, 2.05) is 0 Å². The number of amides is 1. The van der Waals surface area contributed by atoms with Gasteiger partial charge in [-0.1, -0.05) is 29.8 Å². The number of carbonyl (C=O) groups is 1. The molecule has 20 heavy (non-hydrogen) atoms. The summed E-state index contributed by atoms with van der Waals surface area (Å²) in [5.74, 6) is -0.494. The van der Waals surface area contributed by atoms with Crippen molar-refractivity contribution in [1.29, 1.82) is 0 Å². The fourth-order valence-electron chi connectivity index (χ4n) is 2.62. The van der Waals surface area contributed by atoms with Crippen molar-refractivity contribution in [2.75, 3.05) is 0 Å². The molecular weight excluding hydrogens is 321 g/mol. The summed E-state index contributed by atoms with van der Waals surface area (Å²) in [5, 5.41) is 2.98.